The van der Waals surface area contributed by atoms with Gasteiger partial charge in [-0.2, -0.15) is 4.31 Å². The largest absolute Gasteiger partial charge is 0.508 e. The summed E-state index contributed by atoms with van der Waals surface area (Å²) >= 11 is 0. The van der Waals surface area contributed by atoms with Gasteiger partial charge in [-0.1, -0.05) is 6.07 Å². The van der Waals surface area contributed by atoms with E-state index < -0.39 is 34.1 Å². The van der Waals surface area contributed by atoms with Crippen molar-refractivity contribution in [2.75, 3.05) is 19.7 Å². The average Bonchev–Trinajstić information content (AvgIpc) is 3.14. The summed E-state index contributed by atoms with van der Waals surface area (Å²) in [5.41, 5.74) is -0.345. The van der Waals surface area contributed by atoms with Gasteiger partial charge in [0, 0.05) is 18.8 Å². The predicted molar refractivity (Wildman–Crippen MR) is 98.5 cm³/mol. The molecule has 2 rings (SSSR count). The van der Waals surface area contributed by atoms with E-state index in [-0.39, 0.29) is 21.7 Å². The lowest BCUT2D eigenvalue weighted by molar-refractivity contribution is -0.113. The molecule has 0 atom stereocenters. The first-order valence-electron chi connectivity index (χ1n) is 8.40. The summed E-state index contributed by atoms with van der Waals surface area (Å²) in [5, 5.41) is 17.4. The number of aliphatic hydroxyl groups is 1. The molecule has 0 spiro atoms. The number of rotatable bonds is 7. The van der Waals surface area contributed by atoms with Crippen LogP contribution < -0.4 is 0 Å². The van der Waals surface area contributed by atoms with Crippen molar-refractivity contribution < 1.29 is 27.9 Å². The Labute approximate surface area is 158 Å². The molecule has 0 radical (unpaired) electrons. The highest BCUT2D eigenvalue weighted by Crippen LogP contribution is 2.22. The number of hydrogen-bond acceptors (Lipinski definition) is 7. The first kappa shape index (κ1) is 20.8. The Morgan fingerprint density at radius 1 is 1.22 bits per heavy atom. The van der Waals surface area contributed by atoms with Crippen LogP contribution in [-0.4, -0.2) is 55.0 Å². The Bertz CT molecular complexity index is 882. The van der Waals surface area contributed by atoms with Crippen LogP contribution in [0, 0.1) is 5.41 Å². The highest BCUT2D eigenvalue weighted by molar-refractivity contribution is 7.89. The normalized spacial score (nSPS) is 15.9. The number of esters is 1. The summed E-state index contributed by atoms with van der Waals surface area (Å²) in [6, 6.07) is 5.48. The van der Waals surface area contributed by atoms with Gasteiger partial charge in [-0.05, 0) is 44.9 Å². The van der Waals surface area contributed by atoms with E-state index in [1.807, 2.05) is 0 Å². The number of aliphatic hydroxyl groups excluding tert-OH is 1. The van der Waals surface area contributed by atoms with Crippen LogP contribution in [0.15, 0.2) is 40.5 Å². The van der Waals surface area contributed by atoms with E-state index in [1.165, 1.54) is 42.4 Å². The van der Waals surface area contributed by atoms with Gasteiger partial charge in [-0.15, -0.1) is 0 Å². The molecule has 2 N–H and O–H groups in total. The van der Waals surface area contributed by atoms with Crippen LogP contribution in [0.3, 0.4) is 0 Å². The van der Waals surface area contributed by atoms with Crippen molar-refractivity contribution in [2.24, 2.45) is 0 Å². The molecule has 0 bridgehead atoms. The van der Waals surface area contributed by atoms with Gasteiger partial charge in [0.25, 0.3) is 0 Å². The Kier molecular flexibility index (Phi) is 6.50. The fraction of sp³-hybridized carbons (Fsp3) is 0.389. The first-order chi connectivity index (χ1) is 12.6. The van der Waals surface area contributed by atoms with Crippen LogP contribution >= 0.6 is 0 Å². The lowest BCUT2D eigenvalue weighted by Crippen LogP contribution is -2.28. The second-order valence-electron chi connectivity index (χ2n) is 6.22. The number of nitrogens with one attached hydrogen (secondary N) is 1. The van der Waals surface area contributed by atoms with E-state index in [0.29, 0.717) is 13.1 Å². The summed E-state index contributed by atoms with van der Waals surface area (Å²) in [5.74, 6) is -1.88. The molecule has 8 nitrogen and oxygen atoms in total. The van der Waals surface area contributed by atoms with Gasteiger partial charge >= 0.3 is 5.97 Å². The Balaban J connectivity index is 2.17. The van der Waals surface area contributed by atoms with E-state index in [4.69, 9.17) is 10.1 Å². The van der Waals surface area contributed by atoms with Crippen LogP contribution in [0.5, 0.6) is 0 Å². The number of carbonyl (C=O) groups excluding carboxylic acids is 2. The van der Waals surface area contributed by atoms with Crippen LogP contribution in [0.4, 0.5) is 0 Å². The second-order valence-corrected chi connectivity index (χ2v) is 8.16. The standard InChI is InChI=1S/C18H22N2O6S/c1-12(19)17(13(2)21)16(22)11-26-18(23)14-6-5-7-15(10-14)27(24,25)20-8-3-4-9-20/h5-7,10,19,22H,3-4,8-9,11H2,1-2H3/b17-16-,19-12?. The smallest absolute Gasteiger partial charge is 0.338 e. The Hall–Kier alpha value is -2.52. The molecule has 1 aliphatic heterocycles. The maximum atomic E-state index is 12.6. The van der Waals surface area contributed by atoms with Gasteiger partial charge in [0.2, 0.25) is 10.0 Å². The minimum Gasteiger partial charge on any atom is -0.508 e. The number of Topliss-reactive ketones (excluding diaryl/α,β-unsaturated/α-hetero) is 1. The molecule has 1 aromatic rings. The summed E-state index contributed by atoms with van der Waals surface area (Å²) in [6.45, 7) is 2.84. The molecular formula is C18H22N2O6S. The predicted octanol–water partition coefficient (Wildman–Crippen LogP) is 2.07. The van der Waals surface area contributed by atoms with Gasteiger partial charge in [0.05, 0.1) is 16.0 Å². The molecule has 1 heterocycles. The molecule has 27 heavy (non-hydrogen) atoms. The minimum absolute atomic E-state index is 0.00150. The molecule has 0 unspecified atom stereocenters. The fourth-order valence-electron chi connectivity index (χ4n) is 2.83. The van der Waals surface area contributed by atoms with Gasteiger partial charge in [0.15, 0.2) is 5.78 Å². The molecule has 1 fully saturated rings. The second kappa shape index (κ2) is 8.45. The number of benzene rings is 1. The van der Waals surface area contributed by atoms with Crippen LogP contribution in [0.1, 0.15) is 37.0 Å². The average molecular weight is 394 g/mol. The number of ether oxygens (including phenoxy) is 1. The van der Waals surface area contributed by atoms with Crippen LogP contribution in [-0.2, 0) is 19.6 Å². The zero-order valence-electron chi connectivity index (χ0n) is 15.2. The molecule has 1 saturated heterocycles. The van der Waals surface area contributed by atoms with Crippen molar-refractivity contribution in [2.45, 2.75) is 31.6 Å². The van der Waals surface area contributed by atoms with Crippen molar-refractivity contribution in [3.05, 3.63) is 41.2 Å². The van der Waals surface area contributed by atoms with E-state index in [2.05, 4.69) is 0 Å². The van der Waals surface area contributed by atoms with Crippen LogP contribution in [0.2, 0.25) is 0 Å². The SMILES string of the molecule is CC(=N)/C(C(C)=O)=C(/O)COC(=O)c1cccc(S(=O)(=O)N2CCCC2)c1. The topological polar surface area (TPSA) is 125 Å². The maximum absolute atomic E-state index is 12.6. The first-order valence-corrected chi connectivity index (χ1v) is 9.84. The summed E-state index contributed by atoms with van der Waals surface area (Å²) in [7, 11) is -3.67. The minimum atomic E-state index is -3.67. The molecule has 9 heteroatoms. The van der Waals surface area contributed by atoms with Gasteiger partial charge in [-0.3, -0.25) is 4.79 Å². The molecule has 1 aliphatic rings. The van der Waals surface area contributed by atoms with Crippen molar-refractivity contribution in [3.8, 4) is 0 Å². The molecule has 0 amide bonds. The third-order valence-electron chi connectivity index (χ3n) is 4.13. The van der Waals surface area contributed by atoms with Crippen LogP contribution in [0.25, 0.3) is 0 Å². The van der Waals surface area contributed by atoms with Crippen molar-refractivity contribution in [1.29, 1.82) is 5.41 Å². The van der Waals surface area contributed by atoms with Gasteiger partial charge < -0.3 is 15.3 Å². The lowest BCUT2D eigenvalue weighted by atomic mass is 10.1. The molecule has 1 aromatic carbocycles. The summed E-state index contributed by atoms with van der Waals surface area (Å²) in [4.78, 5) is 23.7. The monoisotopic (exact) mass is 394 g/mol. The number of nitrogens with zero attached hydrogens (tertiary/aromatic N) is 1. The van der Waals surface area contributed by atoms with E-state index in [9.17, 15) is 23.1 Å². The highest BCUT2D eigenvalue weighted by Gasteiger charge is 2.27. The molecule has 146 valence electrons. The highest BCUT2D eigenvalue weighted by atomic mass is 32.2. The number of carbonyl (C=O) groups is 2. The number of allylic oxidation sites excluding steroid dienone is 1. The molecule has 0 aliphatic carbocycles. The maximum Gasteiger partial charge on any atom is 0.338 e. The third-order valence-corrected chi connectivity index (χ3v) is 6.02. The van der Waals surface area contributed by atoms with Crippen molar-refractivity contribution in [1.82, 2.24) is 4.31 Å². The van der Waals surface area contributed by atoms with E-state index >= 15 is 0 Å². The Morgan fingerprint density at radius 3 is 2.41 bits per heavy atom. The summed E-state index contributed by atoms with van der Waals surface area (Å²) in [6.07, 6.45) is 1.61. The lowest BCUT2D eigenvalue weighted by Gasteiger charge is -2.16. The number of ketones is 1. The third kappa shape index (κ3) is 4.81. The Morgan fingerprint density at radius 2 is 1.85 bits per heavy atom. The van der Waals surface area contributed by atoms with Crippen molar-refractivity contribution in [3.63, 3.8) is 0 Å². The van der Waals surface area contributed by atoms with Gasteiger partial charge in [-0.25, -0.2) is 13.2 Å². The van der Waals surface area contributed by atoms with Gasteiger partial charge in [0.1, 0.15) is 12.4 Å². The summed E-state index contributed by atoms with van der Waals surface area (Å²) < 4.78 is 31.5. The van der Waals surface area contributed by atoms with E-state index in [1.54, 1.807) is 0 Å². The van der Waals surface area contributed by atoms with Crippen molar-refractivity contribution >= 4 is 27.5 Å². The molecule has 0 saturated carbocycles. The quantitative estimate of drug-likeness (QED) is 0.316. The van der Waals surface area contributed by atoms with E-state index in [0.717, 1.165) is 12.8 Å². The number of hydrogen-bond donors (Lipinski definition) is 2. The fourth-order valence-corrected chi connectivity index (χ4v) is 4.40. The molecule has 0 aromatic heterocycles. The number of sulfonamides is 1. The zero-order valence-corrected chi connectivity index (χ0v) is 16.0. The zero-order chi connectivity index (χ0) is 20.2. The molecular weight excluding hydrogens is 372 g/mol.